The van der Waals surface area contributed by atoms with Crippen LogP contribution < -0.4 is 4.74 Å². The highest BCUT2D eigenvalue weighted by Gasteiger charge is 2.30. The van der Waals surface area contributed by atoms with E-state index in [0.717, 1.165) is 5.56 Å². The summed E-state index contributed by atoms with van der Waals surface area (Å²) >= 11 is 6.11. The molecule has 0 saturated heterocycles. The van der Waals surface area contributed by atoms with Gasteiger partial charge in [0.1, 0.15) is 17.3 Å². The van der Waals surface area contributed by atoms with Crippen LogP contribution in [0.4, 0.5) is 0 Å². The quantitative estimate of drug-likeness (QED) is 0.615. The number of halogens is 1. The standard InChI is InChI=1S/C19H13ClO3/c1-11-18(21)15-10-17(12-5-3-2-4-6-12)23-19(15)14-9-13(20)7-8-16(14)22-11/h2-11H,1H3. The molecule has 4 rings (SSSR count). The third kappa shape index (κ3) is 2.34. The first-order chi connectivity index (χ1) is 11.1. The summed E-state index contributed by atoms with van der Waals surface area (Å²) in [4.78, 5) is 12.6. The maximum absolute atomic E-state index is 12.6. The highest BCUT2D eigenvalue weighted by atomic mass is 35.5. The molecule has 1 aliphatic heterocycles. The largest absolute Gasteiger partial charge is 0.482 e. The van der Waals surface area contributed by atoms with Crippen molar-refractivity contribution in [3.05, 3.63) is 65.2 Å². The molecule has 2 aromatic carbocycles. The average Bonchev–Trinajstić information content (AvgIpc) is 2.98. The molecule has 0 radical (unpaired) electrons. The lowest BCUT2D eigenvalue weighted by Gasteiger charge is -2.11. The van der Waals surface area contributed by atoms with Gasteiger partial charge in [0.2, 0.25) is 5.78 Å². The highest BCUT2D eigenvalue weighted by Crippen LogP contribution is 2.41. The molecule has 0 saturated carbocycles. The van der Waals surface area contributed by atoms with E-state index in [1.54, 1.807) is 31.2 Å². The number of carbonyl (C=O) groups excluding carboxylic acids is 1. The molecule has 1 aliphatic rings. The van der Waals surface area contributed by atoms with Crippen LogP contribution >= 0.6 is 11.6 Å². The van der Waals surface area contributed by atoms with Gasteiger partial charge < -0.3 is 9.15 Å². The van der Waals surface area contributed by atoms with Crippen LogP contribution in [0.3, 0.4) is 0 Å². The molecule has 1 aromatic heterocycles. The second kappa shape index (κ2) is 5.28. The van der Waals surface area contributed by atoms with Gasteiger partial charge in [0.25, 0.3) is 0 Å². The SMILES string of the molecule is CC1Oc2ccc(Cl)cc2-c2oc(-c3ccccc3)cc2C1=O. The predicted molar refractivity (Wildman–Crippen MR) is 89.0 cm³/mol. The van der Waals surface area contributed by atoms with Crippen LogP contribution in [0.2, 0.25) is 5.02 Å². The highest BCUT2D eigenvalue weighted by molar-refractivity contribution is 6.31. The Bertz CT molecular complexity index is 896. The van der Waals surface area contributed by atoms with Gasteiger partial charge in [-0.1, -0.05) is 41.9 Å². The first-order valence-electron chi connectivity index (χ1n) is 7.33. The van der Waals surface area contributed by atoms with Crippen molar-refractivity contribution in [2.45, 2.75) is 13.0 Å². The van der Waals surface area contributed by atoms with Gasteiger partial charge in [-0.25, -0.2) is 0 Å². The van der Waals surface area contributed by atoms with E-state index in [1.165, 1.54) is 0 Å². The number of rotatable bonds is 1. The van der Waals surface area contributed by atoms with Crippen LogP contribution in [0.15, 0.2) is 59.0 Å². The third-order valence-electron chi connectivity index (χ3n) is 3.92. The first kappa shape index (κ1) is 14.1. The second-order valence-electron chi connectivity index (χ2n) is 5.48. The number of fused-ring (bicyclic) bond motifs is 3. The maximum Gasteiger partial charge on any atom is 0.206 e. The normalized spacial score (nSPS) is 16.3. The lowest BCUT2D eigenvalue weighted by molar-refractivity contribution is 0.0824. The molecule has 1 unspecified atom stereocenters. The average molecular weight is 325 g/mol. The van der Waals surface area contributed by atoms with Crippen LogP contribution in [-0.4, -0.2) is 11.9 Å². The fourth-order valence-electron chi connectivity index (χ4n) is 2.76. The molecule has 3 nitrogen and oxygen atoms in total. The summed E-state index contributed by atoms with van der Waals surface area (Å²) in [5.41, 5.74) is 2.15. The Balaban J connectivity index is 1.96. The summed E-state index contributed by atoms with van der Waals surface area (Å²) in [5, 5.41) is 0.568. The molecule has 4 heteroatoms. The minimum atomic E-state index is -0.572. The summed E-state index contributed by atoms with van der Waals surface area (Å²) in [6, 6.07) is 16.7. The lowest BCUT2D eigenvalue weighted by Crippen LogP contribution is -2.22. The number of furan rings is 1. The van der Waals surface area contributed by atoms with Crippen molar-refractivity contribution in [1.82, 2.24) is 0 Å². The lowest BCUT2D eigenvalue weighted by atomic mass is 10.0. The number of hydrogen-bond acceptors (Lipinski definition) is 3. The Labute approximate surface area is 138 Å². The van der Waals surface area contributed by atoms with E-state index in [9.17, 15) is 4.79 Å². The molecule has 0 spiro atoms. The molecule has 0 bridgehead atoms. The molecule has 1 atom stereocenters. The van der Waals surface area contributed by atoms with Crippen molar-refractivity contribution >= 4 is 17.4 Å². The topological polar surface area (TPSA) is 39.4 Å². The van der Waals surface area contributed by atoms with E-state index in [1.807, 2.05) is 30.3 Å². The zero-order chi connectivity index (χ0) is 16.0. The smallest absolute Gasteiger partial charge is 0.206 e. The maximum atomic E-state index is 12.6. The van der Waals surface area contributed by atoms with Gasteiger partial charge in [-0.2, -0.15) is 0 Å². The Morgan fingerprint density at radius 1 is 1.00 bits per heavy atom. The van der Waals surface area contributed by atoms with Crippen LogP contribution in [0.1, 0.15) is 17.3 Å². The van der Waals surface area contributed by atoms with E-state index in [4.69, 9.17) is 20.8 Å². The Kier molecular flexibility index (Phi) is 3.24. The summed E-state index contributed by atoms with van der Waals surface area (Å²) < 4.78 is 11.8. The summed E-state index contributed by atoms with van der Waals surface area (Å²) in [6.45, 7) is 1.74. The van der Waals surface area contributed by atoms with Gasteiger partial charge >= 0.3 is 0 Å². The van der Waals surface area contributed by atoms with E-state index < -0.39 is 6.10 Å². The van der Waals surface area contributed by atoms with Gasteiger partial charge in [0.05, 0.1) is 11.1 Å². The van der Waals surface area contributed by atoms with Gasteiger partial charge in [-0.05, 0) is 31.2 Å². The molecule has 3 aromatic rings. The van der Waals surface area contributed by atoms with Crippen LogP contribution in [0, 0.1) is 0 Å². The van der Waals surface area contributed by atoms with E-state index in [0.29, 0.717) is 33.4 Å². The molecular weight excluding hydrogens is 312 g/mol. The van der Waals surface area contributed by atoms with Crippen molar-refractivity contribution in [2.24, 2.45) is 0 Å². The molecule has 2 heterocycles. The van der Waals surface area contributed by atoms with Crippen molar-refractivity contribution in [3.8, 4) is 28.4 Å². The van der Waals surface area contributed by atoms with Gasteiger partial charge in [0, 0.05) is 10.6 Å². The van der Waals surface area contributed by atoms with Crippen LogP contribution in [0.5, 0.6) is 5.75 Å². The number of carbonyl (C=O) groups is 1. The molecular formula is C19H13ClO3. The molecule has 114 valence electrons. The first-order valence-corrected chi connectivity index (χ1v) is 7.71. The fraction of sp³-hybridized carbons (Fsp3) is 0.105. The number of benzene rings is 2. The molecule has 0 fully saturated rings. The minimum Gasteiger partial charge on any atom is -0.482 e. The summed E-state index contributed by atoms with van der Waals surface area (Å²) in [5.74, 6) is 1.67. The summed E-state index contributed by atoms with van der Waals surface area (Å²) in [6.07, 6.45) is -0.572. The second-order valence-corrected chi connectivity index (χ2v) is 5.92. The molecule has 23 heavy (non-hydrogen) atoms. The van der Waals surface area contributed by atoms with Gasteiger partial charge in [-0.15, -0.1) is 0 Å². The Morgan fingerprint density at radius 3 is 2.57 bits per heavy atom. The van der Waals surface area contributed by atoms with E-state index in [-0.39, 0.29) is 5.78 Å². The Hall–Kier alpha value is -2.52. The van der Waals surface area contributed by atoms with Crippen LogP contribution in [0.25, 0.3) is 22.6 Å². The van der Waals surface area contributed by atoms with E-state index in [2.05, 4.69) is 0 Å². The van der Waals surface area contributed by atoms with Crippen molar-refractivity contribution in [3.63, 3.8) is 0 Å². The number of hydrogen-bond donors (Lipinski definition) is 0. The third-order valence-corrected chi connectivity index (χ3v) is 4.15. The molecule has 0 aliphatic carbocycles. The number of ketones is 1. The van der Waals surface area contributed by atoms with Gasteiger partial charge in [-0.3, -0.25) is 4.79 Å². The zero-order valence-corrected chi connectivity index (χ0v) is 13.1. The number of Topliss-reactive ketones (excluding diaryl/α,β-unsaturated/α-hetero) is 1. The summed E-state index contributed by atoms with van der Waals surface area (Å²) in [7, 11) is 0. The van der Waals surface area contributed by atoms with Crippen molar-refractivity contribution in [1.29, 1.82) is 0 Å². The van der Waals surface area contributed by atoms with Crippen molar-refractivity contribution in [2.75, 3.05) is 0 Å². The van der Waals surface area contributed by atoms with Crippen molar-refractivity contribution < 1.29 is 13.9 Å². The monoisotopic (exact) mass is 324 g/mol. The van der Waals surface area contributed by atoms with Crippen LogP contribution in [-0.2, 0) is 0 Å². The van der Waals surface area contributed by atoms with E-state index >= 15 is 0 Å². The van der Waals surface area contributed by atoms with Gasteiger partial charge in [0.15, 0.2) is 6.10 Å². The fourth-order valence-corrected chi connectivity index (χ4v) is 2.94. The number of ether oxygens (including phenoxy) is 1. The predicted octanol–water partition coefficient (Wildman–Crippen LogP) is 5.23. The molecule has 0 N–H and O–H groups in total. The minimum absolute atomic E-state index is 0.0988. The molecule has 0 amide bonds. The zero-order valence-electron chi connectivity index (χ0n) is 12.4. The Morgan fingerprint density at radius 2 is 1.78 bits per heavy atom.